The molecular weight excluding hydrogens is 525 g/mol. The number of para-hydroxylation sites is 1. The molecule has 2 fully saturated rings. The summed E-state index contributed by atoms with van der Waals surface area (Å²) in [7, 11) is 0. The monoisotopic (exact) mass is 546 g/mol. The maximum absolute atomic E-state index is 14.4. The molecule has 40 heavy (non-hydrogen) atoms. The molecule has 3 aliphatic rings. The molecule has 1 aromatic carbocycles. The SMILES string of the molecule is N#Cc1ccnc(N2C(=O)CCC2C(=O)N(c2cncc(F)c2)C2C(=O)N(C3CC(F)(F)C3)c3ccccc32)c1. The molecule has 3 aromatic rings. The lowest BCUT2D eigenvalue weighted by atomic mass is 9.87. The molecule has 3 amide bonds. The minimum atomic E-state index is -2.89. The summed E-state index contributed by atoms with van der Waals surface area (Å²) in [5, 5.41) is 9.31. The average molecular weight is 547 g/mol. The van der Waals surface area contributed by atoms with Crippen molar-refractivity contribution in [3.8, 4) is 6.07 Å². The highest BCUT2D eigenvalue weighted by Crippen LogP contribution is 2.49. The lowest BCUT2D eigenvalue weighted by molar-refractivity contribution is -0.128. The molecule has 0 radical (unpaired) electrons. The fourth-order valence-corrected chi connectivity index (χ4v) is 5.68. The third-order valence-electron chi connectivity index (χ3n) is 7.48. The number of fused-ring (bicyclic) bond motifs is 1. The Morgan fingerprint density at radius 3 is 2.60 bits per heavy atom. The molecule has 4 heterocycles. The fraction of sp³-hybridized carbons (Fsp3) is 0.286. The summed E-state index contributed by atoms with van der Waals surface area (Å²) < 4.78 is 42.0. The van der Waals surface area contributed by atoms with Gasteiger partial charge in [0.2, 0.25) is 5.91 Å². The van der Waals surface area contributed by atoms with E-state index in [-0.39, 0.29) is 29.9 Å². The summed E-state index contributed by atoms with van der Waals surface area (Å²) in [5.74, 6) is -5.28. The first-order chi connectivity index (χ1) is 19.2. The average Bonchev–Trinajstić information content (AvgIpc) is 3.44. The predicted molar refractivity (Wildman–Crippen MR) is 136 cm³/mol. The van der Waals surface area contributed by atoms with E-state index in [0.717, 1.165) is 17.2 Å². The van der Waals surface area contributed by atoms with Crippen molar-refractivity contribution in [1.29, 1.82) is 5.26 Å². The minimum Gasteiger partial charge on any atom is -0.306 e. The van der Waals surface area contributed by atoms with Crippen LogP contribution in [0.3, 0.4) is 0 Å². The van der Waals surface area contributed by atoms with Crippen molar-refractivity contribution in [3.63, 3.8) is 0 Å². The number of alkyl halides is 2. The second-order valence-corrected chi connectivity index (χ2v) is 9.99. The van der Waals surface area contributed by atoms with Crippen LogP contribution in [0.4, 0.5) is 30.4 Å². The van der Waals surface area contributed by atoms with Gasteiger partial charge in [-0.15, -0.1) is 0 Å². The number of rotatable bonds is 5. The number of carbonyl (C=O) groups excluding carboxylic acids is 3. The Hall–Kier alpha value is -4.79. The van der Waals surface area contributed by atoms with Crippen LogP contribution in [0.1, 0.15) is 42.9 Å². The number of aromatic nitrogens is 2. The Morgan fingerprint density at radius 1 is 1.10 bits per heavy atom. The fourth-order valence-electron chi connectivity index (χ4n) is 5.68. The van der Waals surface area contributed by atoms with E-state index in [1.165, 1.54) is 34.3 Å². The van der Waals surface area contributed by atoms with Crippen LogP contribution in [0.5, 0.6) is 0 Å². The normalized spacial score (nSPS) is 21.6. The molecule has 2 atom stereocenters. The zero-order valence-corrected chi connectivity index (χ0v) is 20.9. The molecule has 12 heteroatoms. The molecule has 0 spiro atoms. The maximum atomic E-state index is 14.4. The van der Waals surface area contributed by atoms with Gasteiger partial charge >= 0.3 is 0 Å². The third kappa shape index (κ3) is 4.14. The standard InChI is InChI=1S/C28H21F3N6O3/c29-17-10-18(15-33-14-17)36(26(39)22-5-6-24(38)37(22)23-9-16(13-32)7-8-34-23)25-20-3-1-2-4-21(20)35(27(25)40)19-11-28(30,31)12-19/h1-4,7-10,14-15,19,22,25H,5-6,11-12H2. The Morgan fingerprint density at radius 2 is 1.88 bits per heavy atom. The van der Waals surface area contributed by atoms with Gasteiger partial charge in [-0.25, -0.2) is 18.2 Å². The number of hydrogen-bond donors (Lipinski definition) is 0. The molecule has 2 aliphatic heterocycles. The van der Waals surface area contributed by atoms with Gasteiger partial charge < -0.3 is 4.90 Å². The minimum absolute atomic E-state index is 0.00257. The largest absolute Gasteiger partial charge is 0.306 e. The summed E-state index contributed by atoms with van der Waals surface area (Å²) in [5.41, 5.74) is 0.982. The predicted octanol–water partition coefficient (Wildman–Crippen LogP) is 3.90. The lowest BCUT2D eigenvalue weighted by Crippen LogP contribution is -2.55. The molecule has 1 saturated carbocycles. The first-order valence-electron chi connectivity index (χ1n) is 12.6. The Bertz CT molecular complexity index is 1580. The highest BCUT2D eigenvalue weighted by Gasteiger charge is 2.55. The number of carbonyl (C=O) groups is 3. The van der Waals surface area contributed by atoms with E-state index in [4.69, 9.17) is 0 Å². The van der Waals surface area contributed by atoms with Gasteiger partial charge in [0.1, 0.15) is 23.7 Å². The van der Waals surface area contributed by atoms with Crippen LogP contribution in [0.2, 0.25) is 0 Å². The van der Waals surface area contributed by atoms with Crippen molar-refractivity contribution < 1.29 is 27.6 Å². The first kappa shape index (κ1) is 25.5. The molecule has 0 bridgehead atoms. The second kappa shape index (κ2) is 9.44. The van der Waals surface area contributed by atoms with E-state index in [1.54, 1.807) is 24.3 Å². The van der Waals surface area contributed by atoms with Crippen LogP contribution in [0.15, 0.2) is 61.1 Å². The number of anilines is 3. The van der Waals surface area contributed by atoms with E-state index < -0.39 is 60.4 Å². The first-order valence-corrected chi connectivity index (χ1v) is 12.6. The summed E-state index contributed by atoms with van der Waals surface area (Å²) in [4.78, 5) is 52.9. The number of amides is 3. The molecule has 6 rings (SSSR count). The van der Waals surface area contributed by atoms with Crippen molar-refractivity contribution in [1.82, 2.24) is 9.97 Å². The lowest BCUT2D eigenvalue weighted by Gasteiger charge is -2.41. The number of hydrogen-bond acceptors (Lipinski definition) is 6. The molecule has 9 nitrogen and oxygen atoms in total. The van der Waals surface area contributed by atoms with Crippen LogP contribution in [0, 0.1) is 17.1 Å². The summed E-state index contributed by atoms with van der Waals surface area (Å²) in [6.07, 6.45) is 2.58. The zero-order valence-electron chi connectivity index (χ0n) is 20.9. The van der Waals surface area contributed by atoms with Gasteiger partial charge in [-0.1, -0.05) is 18.2 Å². The molecular formula is C28H21F3N6O3. The third-order valence-corrected chi connectivity index (χ3v) is 7.48. The van der Waals surface area contributed by atoms with Crippen molar-refractivity contribution in [3.05, 3.63) is 78.0 Å². The van der Waals surface area contributed by atoms with E-state index in [1.807, 2.05) is 6.07 Å². The van der Waals surface area contributed by atoms with Gasteiger partial charge in [0.25, 0.3) is 17.7 Å². The van der Waals surface area contributed by atoms with Gasteiger partial charge in [-0.2, -0.15) is 5.26 Å². The Balaban J connectivity index is 1.44. The van der Waals surface area contributed by atoms with Crippen molar-refractivity contribution in [2.24, 2.45) is 0 Å². The van der Waals surface area contributed by atoms with Crippen molar-refractivity contribution in [2.45, 2.75) is 49.7 Å². The Labute approximate surface area is 226 Å². The number of pyridine rings is 2. The van der Waals surface area contributed by atoms with Gasteiger partial charge in [0, 0.05) is 48.8 Å². The Kier molecular flexibility index (Phi) is 6.02. The molecule has 0 N–H and O–H groups in total. The second-order valence-electron chi connectivity index (χ2n) is 9.99. The quantitative estimate of drug-likeness (QED) is 0.480. The molecule has 1 saturated heterocycles. The van der Waals surface area contributed by atoms with Crippen molar-refractivity contribution >= 4 is 34.9 Å². The maximum Gasteiger partial charge on any atom is 0.255 e. The summed E-state index contributed by atoms with van der Waals surface area (Å²) in [6.45, 7) is 0. The number of halogens is 3. The number of nitriles is 1. The van der Waals surface area contributed by atoms with E-state index >= 15 is 0 Å². The van der Waals surface area contributed by atoms with Crippen LogP contribution < -0.4 is 14.7 Å². The van der Waals surface area contributed by atoms with Crippen LogP contribution in [-0.4, -0.2) is 45.7 Å². The highest BCUT2D eigenvalue weighted by atomic mass is 19.3. The highest BCUT2D eigenvalue weighted by molar-refractivity contribution is 6.15. The molecule has 1 aliphatic carbocycles. The van der Waals surface area contributed by atoms with Gasteiger partial charge in [0.15, 0.2) is 0 Å². The van der Waals surface area contributed by atoms with Crippen LogP contribution in [0.25, 0.3) is 0 Å². The van der Waals surface area contributed by atoms with Crippen LogP contribution in [-0.2, 0) is 14.4 Å². The number of nitrogens with zero attached hydrogens (tertiary/aromatic N) is 6. The molecule has 2 aromatic heterocycles. The van der Waals surface area contributed by atoms with Crippen LogP contribution >= 0.6 is 0 Å². The van der Waals surface area contributed by atoms with Gasteiger partial charge in [-0.05, 0) is 24.6 Å². The number of benzene rings is 1. The smallest absolute Gasteiger partial charge is 0.255 e. The molecule has 202 valence electrons. The zero-order chi connectivity index (χ0) is 28.2. The molecule has 2 unspecified atom stereocenters. The van der Waals surface area contributed by atoms with Gasteiger partial charge in [0.05, 0.1) is 29.7 Å². The summed E-state index contributed by atoms with van der Waals surface area (Å²) in [6, 6.07) is 9.23. The van der Waals surface area contributed by atoms with Gasteiger partial charge in [-0.3, -0.25) is 29.2 Å². The topological polar surface area (TPSA) is 110 Å². The summed E-state index contributed by atoms with van der Waals surface area (Å²) >= 11 is 0. The van der Waals surface area contributed by atoms with E-state index in [2.05, 4.69) is 9.97 Å². The van der Waals surface area contributed by atoms with Crippen molar-refractivity contribution in [2.75, 3.05) is 14.7 Å². The van der Waals surface area contributed by atoms with E-state index in [0.29, 0.717) is 11.3 Å². The van der Waals surface area contributed by atoms with E-state index in [9.17, 15) is 32.8 Å².